The molecule has 1 aliphatic rings. The minimum absolute atomic E-state index is 0.313. The third-order valence-electron chi connectivity index (χ3n) is 4.20. The van der Waals surface area contributed by atoms with E-state index in [0.717, 1.165) is 29.1 Å². The number of anilines is 1. The Bertz CT molecular complexity index is 789. The van der Waals surface area contributed by atoms with E-state index in [2.05, 4.69) is 57.5 Å². The summed E-state index contributed by atoms with van der Waals surface area (Å²) < 4.78 is 6.11. The highest BCUT2D eigenvalue weighted by Gasteiger charge is 2.34. The van der Waals surface area contributed by atoms with Crippen LogP contribution < -0.4 is 4.90 Å². The summed E-state index contributed by atoms with van der Waals surface area (Å²) in [5.74, 6) is 1.01. The fraction of sp³-hybridized carbons (Fsp3) is 0.294. The van der Waals surface area contributed by atoms with Crippen LogP contribution in [0.5, 0.6) is 0 Å². The van der Waals surface area contributed by atoms with E-state index in [1.165, 1.54) is 5.56 Å². The minimum atomic E-state index is -0.313. The van der Waals surface area contributed by atoms with Crippen molar-refractivity contribution >= 4 is 27.4 Å². The highest BCUT2D eigenvalue weighted by molar-refractivity contribution is 7.16. The Balaban J connectivity index is 1.71. The molecular formula is C17H17N3OS. The zero-order valence-corrected chi connectivity index (χ0v) is 13.2. The Morgan fingerprint density at radius 3 is 2.91 bits per heavy atom. The number of hydrogen-bond acceptors (Lipinski definition) is 5. The molecule has 1 aliphatic heterocycles. The zero-order chi connectivity index (χ0) is 15.0. The molecule has 0 radical (unpaired) electrons. The molecule has 3 heterocycles. The molecule has 22 heavy (non-hydrogen) atoms. The maximum atomic E-state index is 6.11. The molecule has 2 aromatic heterocycles. The van der Waals surface area contributed by atoms with Gasteiger partial charge < -0.3 is 9.64 Å². The van der Waals surface area contributed by atoms with Gasteiger partial charge in [-0.05, 0) is 23.9 Å². The van der Waals surface area contributed by atoms with Crippen LogP contribution in [-0.2, 0) is 10.3 Å². The van der Waals surface area contributed by atoms with E-state index in [9.17, 15) is 0 Å². The van der Waals surface area contributed by atoms with Gasteiger partial charge in [-0.2, -0.15) is 0 Å². The molecule has 1 atom stereocenters. The summed E-state index contributed by atoms with van der Waals surface area (Å²) in [6, 6.07) is 12.5. The van der Waals surface area contributed by atoms with Crippen molar-refractivity contribution in [2.24, 2.45) is 0 Å². The topological polar surface area (TPSA) is 38.2 Å². The molecule has 1 saturated heterocycles. The lowest BCUT2D eigenvalue weighted by molar-refractivity contribution is -0.0467. The van der Waals surface area contributed by atoms with Crippen molar-refractivity contribution in [3.05, 3.63) is 53.7 Å². The number of benzene rings is 1. The molecule has 1 fully saturated rings. The first-order valence-electron chi connectivity index (χ1n) is 7.39. The zero-order valence-electron chi connectivity index (χ0n) is 12.4. The summed E-state index contributed by atoms with van der Waals surface area (Å²) in [6.45, 7) is 4.49. The van der Waals surface area contributed by atoms with E-state index in [1.54, 1.807) is 17.7 Å². The number of thiophene rings is 1. The number of ether oxygens (including phenoxy) is 1. The van der Waals surface area contributed by atoms with E-state index in [-0.39, 0.29) is 5.60 Å². The number of fused-ring (bicyclic) bond motifs is 1. The quantitative estimate of drug-likeness (QED) is 0.726. The summed E-state index contributed by atoms with van der Waals surface area (Å²) in [5, 5.41) is 3.20. The van der Waals surface area contributed by atoms with Crippen LogP contribution in [0, 0.1) is 0 Å². The van der Waals surface area contributed by atoms with Gasteiger partial charge in [0.25, 0.3) is 0 Å². The van der Waals surface area contributed by atoms with Crippen LogP contribution in [-0.4, -0.2) is 29.7 Å². The van der Waals surface area contributed by atoms with E-state index in [0.29, 0.717) is 6.61 Å². The van der Waals surface area contributed by atoms with Gasteiger partial charge in [-0.1, -0.05) is 30.3 Å². The van der Waals surface area contributed by atoms with Crippen molar-refractivity contribution in [2.45, 2.75) is 12.5 Å². The van der Waals surface area contributed by atoms with E-state index >= 15 is 0 Å². The number of morpholine rings is 1. The van der Waals surface area contributed by atoms with Crippen LogP contribution in [0.25, 0.3) is 10.2 Å². The average molecular weight is 311 g/mol. The molecule has 5 heteroatoms. The van der Waals surface area contributed by atoms with Crippen LogP contribution >= 0.6 is 11.3 Å². The predicted octanol–water partition coefficient (Wildman–Crippen LogP) is 3.44. The molecule has 4 rings (SSSR count). The molecule has 0 aliphatic carbocycles. The highest BCUT2D eigenvalue weighted by atomic mass is 32.1. The Morgan fingerprint density at radius 2 is 2.05 bits per heavy atom. The minimum Gasteiger partial charge on any atom is -0.367 e. The molecule has 1 aromatic carbocycles. The summed E-state index contributed by atoms with van der Waals surface area (Å²) in [6.07, 6.45) is 1.66. The predicted molar refractivity (Wildman–Crippen MR) is 89.4 cm³/mol. The smallest absolute Gasteiger partial charge is 0.140 e. The first-order chi connectivity index (χ1) is 10.8. The van der Waals surface area contributed by atoms with Crippen molar-refractivity contribution in [3.63, 3.8) is 0 Å². The summed E-state index contributed by atoms with van der Waals surface area (Å²) in [7, 11) is 0. The van der Waals surface area contributed by atoms with Crippen LogP contribution in [0.15, 0.2) is 48.1 Å². The second-order valence-corrected chi connectivity index (χ2v) is 6.60. The van der Waals surface area contributed by atoms with Crippen LogP contribution in [0.3, 0.4) is 0 Å². The Labute approximate surface area is 133 Å². The Hall–Kier alpha value is -1.98. The third kappa shape index (κ3) is 2.26. The highest BCUT2D eigenvalue weighted by Crippen LogP contribution is 2.34. The van der Waals surface area contributed by atoms with Crippen molar-refractivity contribution < 1.29 is 4.74 Å². The molecule has 0 N–H and O–H groups in total. The van der Waals surface area contributed by atoms with E-state index in [1.807, 2.05) is 6.07 Å². The summed E-state index contributed by atoms with van der Waals surface area (Å²) in [4.78, 5) is 12.2. The van der Waals surface area contributed by atoms with Gasteiger partial charge in [-0.25, -0.2) is 9.97 Å². The molecule has 112 valence electrons. The molecular weight excluding hydrogens is 294 g/mol. The maximum absolute atomic E-state index is 6.11. The van der Waals surface area contributed by atoms with Crippen molar-refractivity contribution in [2.75, 3.05) is 24.6 Å². The largest absolute Gasteiger partial charge is 0.367 e. The maximum Gasteiger partial charge on any atom is 0.140 e. The normalized spacial score (nSPS) is 22.1. The molecule has 0 spiro atoms. The molecule has 4 nitrogen and oxygen atoms in total. The lowest BCUT2D eigenvalue weighted by Gasteiger charge is -2.41. The lowest BCUT2D eigenvalue weighted by Crippen LogP contribution is -2.48. The molecule has 0 bridgehead atoms. The Morgan fingerprint density at radius 1 is 1.18 bits per heavy atom. The number of hydrogen-bond donors (Lipinski definition) is 0. The van der Waals surface area contributed by atoms with Crippen LogP contribution in [0.1, 0.15) is 12.5 Å². The molecule has 3 aromatic rings. The van der Waals surface area contributed by atoms with Gasteiger partial charge in [-0.3, -0.25) is 0 Å². The number of aromatic nitrogens is 2. The van der Waals surface area contributed by atoms with Gasteiger partial charge >= 0.3 is 0 Å². The van der Waals surface area contributed by atoms with Crippen molar-refractivity contribution in [1.29, 1.82) is 0 Å². The molecule has 0 amide bonds. The summed E-state index contributed by atoms with van der Waals surface area (Å²) in [5.41, 5.74) is 0.891. The van der Waals surface area contributed by atoms with Crippen molar-refractivity contribution in [1.82, 2.24) is 9.97 Å². The first kappa shape index (κ1) is 13.7. The second-order valence-electron chi connectivity index (χ2n) is 5.70. The summed E-state index contributed by atoms with van der Waals surface area (Å²) >= 11 is 1.65. The lowest BCUT2D eigenvalue weighted by atomic mass is 9.94. The van der Waals surface area contributed by atoms with Gasteiger partial charge in [0.2, 0.25) is 0 Å². The Kier molecular flexibility index (Phi) is 3.32. The van der Waals surface area contributed by atoms with Gasteiger partial charge in [0, 0.05) is 6.54 Å². The first-order valence-corrected chi connectivity index (χ1v) is 8.27. The second kappa shape index (κ2) is 5.34. The number of nitrogens with zero attached hydrogens (tertiary/aromatic N) is 3. The van der Waals surface area contributed by atoms with Crippen molar-refractivity contribution in [3.8, 4) is 0 Å². The third-order valence-corrected chi connectivity index (χ3v) is 5.02. The van der Waals surface area contributed by atoms with E-state index < -0.39 is 0 Å². The van der Waals surface area contributed by atoms with Gasteiger partial charge in [-0.15, -0.1) is 11.3 Å². The molecule has 1 unspecified atom stereocenters. The monoisotopic (exact) mass is 311 g/mol. The van der Waals surface area contributed by atoms with Crippen LogP contribution in [0.4, 0.5) is 5.82 Å². The SMILES string of the molecule is CC1(c2ccccc2)CN(c2ncnc3sccc23)CCO1. The standard InChI is InChI=1S/C17H17N3OS/c1-17(13-5-3-2-4-6-13)11-20(8-9-21-17)15-14-7-10-22-16(14)19-12-18-15/h2-7,10,12H,8-9,11H2,1H3. The van der Waals surface area contributed by atoms with E-state index in [4.69, 9.17) is 4.74 Å². The fourth-order valence-electron chi connectivity index (χ4n) is 3.05. The van der Waals surface area contributed by atoms with Gasteiger partial charge in [0.15, 0.2) is 0 Å². The number of rotatable bonds is 2. The van der Waals surface area contributed by atoms with Gasteiger partial charge in [0.1, 0.15) is 22.6 Å². The molecule has 0 saturated carbocycles. The average Bonchev–Trinajstić information content (AvgIpc) is 3.04. The van der Waals surface area contributed by atoms with Gasteiger partial charge in [0.05, 0.1) is 18.5 Å². The van der Waals surface area contributed by atoms with Crippen LogP contribution in [0.2, 0.25) is 0 Å². The fourth-order valence-corrected chi connectivity index (χ4v) is 3.77.